The number of Topliss-reactive ketones (excluding diaryl/α,β-unsaturated/α-hetero) is 1. The molecule has 0 aromatic heterocycles. The van der Waals surface area contributed by atoms with Crippen molar-refractivity contribution in [3.63, 3.8) is 0 Å². The lowest BCUT2D eigenvalue weighted by atomic mass is 10.1. The molecule has 14 heavy (non-hydrogen) atoms. The van der Waals surface area contributed by atoms with Crippen LogP contribution < -0.4 is 0 Å². The summed E-state index contributed by atoms with van der Waals surface area (Å²) in [5.74, 6) is -0.681. The number of carbonyl (C=O) groups is 1. The minimum Gasteiger partial charge on any atom is -0.507 e. The van der Waals surface area contributed by atoms with Gasteiger partial charge < -0.3 is 5.11 Å². The van der Waals surface area contributed by atoms with Crippen molar-refractivity contribution in [3.05, 3.63) is 31.4 Å². The molecule has 0 atom stereocenters. The standard InChI is InChI=1S/C8H6INO4/c1-4(11)5-2-6(9)7(10(13)14)3-8(5)12/h2-3,12H,1H3. The molecule has 1 aromatic rings. The molecule has 0 spiro atoms. The van der Waals surface area contributed by atoms with E-state index in [1.54, 1.807) is 22.6 Å². The topological polar surface area (TPSA) is 80.4 Å². The second-order valence-electron chi connectivity index (χ2n) is 2.63. The highest BCUT2D eigenvalue weighted by molar-refractivity contribution is 14.1. The van der Waals surface area contributed by atoms with Gasteiger partial charge in [-0.3, -0.25) is 14.9 Å². The lowest BCUT2D eigenvalue weighted by molar-refractivity contribution is -0.385. The Kier molecular flexibility index (Phi) is 3.04. The number of rotatable bonds is 2. The molecule has 0 heterocycles. The average molecular weight is 307 g/mol. The Morgan fingerprint density at radius 1 is 1.57 bits per heavy atom. The Bertz CT molecular complexity index is 376. The zero-order chi connectivity index (χ0) is 10.9. The first-order chi connectivity index (χ1) is 6.43. The van der Waals surface area contributed by atoms with E-state index in [1.165, 1.54) is 13.0 Å². The van der Waals surface area contributed by atoms with Crippen molar-refractivity contribution in [3.8, 4) is 5.75 Å². The minimum absolute atomic E-state index is 0.0972. The minimum atomic E-state index is -0.606. The van der Waals surface area contributed by atoms with E-state index in [0.717, 1.165) is 6.07 Å². The molecule has 0 saturated carbocycles. The van der Waals surface area contributed by atoms with Gasteiger partial charge in [0.2, 0.25) is 0 Å². The molecule has 0 radical (unpaired) electrons. The first-order valence-corrected chi connectivity index (χ1v) is 4.69. The van der Waals surface area contributed by atoms with E-state index in [9.17, 15) is 20.0 Å². The predicted octanol–water partition coefficient (Wildman–Crippen LogP) is 2.11. The zero-order valence-corrected chi connectivity index (χ0v) is 9.31. The van der Waals surface area contributed by atoms with Crippen LogP contribution in [0.15, 0.2) is 12.1 Å². The van der Waals surface area contributed by atoms with E-state index in [4.69, 9.17) is 0 Å². The summed E-state index contributed by atoms with van der Waals surface area (Å²) >= 11 is 1.75. The number of phenols is 1. The summed E-state index contributed by atoms with van der Waals surface area (Å²) < 4.78 is 0.329. The largest absolute Gasteiger partial charge is 0.507 e. The van der Waals surface area contributed by atoms with Crippen molar-refractivity contribution in [2.45, 2.75) is 6.92 Å². The van der Waals surface area contributed by atoms with Gasteiger partial charge in [0.05, 0.1) is 20.1 Å². The molecule has 0 fully saturated rings. The predicted molar refractivity (Wildman–Crippen MR) is 57.5 cm³/mol. The number of nitro benzene ring substituents is 1. The third-order valence-corrected chi connectivity index (χ3v) is 2.51. The van der Waals surface area contributed by atoms with Gasteiger partial charge in [-0.1, -0.05) is 0 Å². The highest BCUT2D eigenvalue weighted by Gasteiger charge is 2.17. The first kappa shape index (κ1) is 10.9. The third-order valence-electron chi connectivity index (χ3n) is 1.64. The molecule has 0 unspecified atom stereocenters. The number of hydrogen-bond acceptors (Lipinski definition) is 4. The summed E-state index contributed by atoms with van der Waals surface area (Å²) in [6.45, 7) is 1.29. The molecule has 1 aromatic carbocycles. The Morgan fingerprint density at radius 2 is 2.14 bits per heavy atom. The summed E-state index contributed by atoms with van der Waals surface area (Å²) in [4.78, 5) is 20.8. The van der Waals surface area contributed by atoms with Crippen molar-refractivity contribution in [1.82, 2.24) is 0 Å². The van der Waals surface area contributed by atoms with Gasteiger partial charge in [-0.2, -0.15) is 0 Å². The van der Waals surface area contributed by atoms with Gasteiger partial charge in [0.15, 0.2) is 5.78 Å². The molecule has 0 aliphatic carbocycles. The van der Waals surface area contributed by atoms with Crippen LogP contribution in [0.5, 0.6) is 5.75 Å². The second kappa shape index (κ2) is 3.91. The molecule has 6 heteroatoms. The normalized spacial score (nSPS) is 9.86. The highest BCUT2D eigenvalue weighted by atomic mass is 127. The van der Waals surface area contributed by atoms with Gasteiger partial charge in [-0.05, 0) is 35.6 Å². The molecule has 0 aliphatic heterocycles. The third kappa shape index (κ3) is 2.00. The van der Waals surface area contributed by atoms with Crippen molar-refractivity contribution < 1.29 is 14.8 Å². The average Bonchev–Trinajstić information content (AvgIpc) is 2.07. The lowest BCUT2D eigenvalue weighted by Gasteiger charge is -2.01. The summed E-state index contributed by atoms with van der Waals surface area (Å²) in [6, 6.07) is 2.29. The smallest absolute Gasteiger partial charge is 0.286 e. The van der Waals surface area contributed by atoms with Crippen LogP contribution in [0.4, 0.5) is 5.69 Å². The molecule has 5 nitrogen and oxygen atoms in total. The number of halogens is 1. The molecular formula is C8H6INO4. The van der Waals surface area contributed by atoms with Crippen LogP contribution in [-0.2, 0) is 0 Å². The maximum Gasteiger partial charge on any atom is 0.286 e. The SMILES string of the molecule is CC(=O)c1cc(I)c([N+](=O)[O-])cc1O. The van der Waals surface area contributed by atoms with Crippen molar-refractivity contribution in [1.29, 1.82) is 0 Å². The fourth-order valence-electron chi connectivity index (χ4n) is 0.973. The van der Waals surface area contributed by atoms with Gasteiger partial charge in [-0.25, -0.2) is 0 Å². The van der Waals surface area contributed by atoms with E-state index in [2.05, 4.69) is 0 Å². The van der Waals surface area contributed by atoms with Gasteiger partial charge >= 0.3 is 0 Å². The van der Waals surface area contributed by atoms with Gasteiger partial charge in [0.1, 0.15) is 5.75 Å². The summed E-state index contributed by atoms with van der Waals surface area (Å²) in [6.07, 6.45) is 0. The Morgan fingerprint density at radius 3 is 2.57 bits per heavy atom. The molecule has 0 aliphatic rings. The lowest BCUT2D eigenvalue weighted by Crippen LogP contribution is -1.97. The Hall–Kier alpha value is -1.18. The summed E-state index contributed by atoms with van der Waals surface area (Å²) in [5, 5.41) is 19.8. The van der Waals surface area contributed by atoms with Crippen molar-refractivity contribution in [2.24, 2.45) is 0 Å². The fraction of sp³-hybridized carbons (Fsp3) is 0.125. The van der Waals surface area contributed by atoms with E-state index in [1.807, 2.05) is 0 Å². The zero-order valence-electron chi connectivity index (χ0n) is 7.15. The highest BCUT2D eigenvalue weighted by Crippen LogP contribution is 2.29. The Balaban J connectivity index is 3.38. The van der Waals surface area contributed by atoms with Crippen molar-refractivity contribution >= 4 is 34.1 Å². The molecule has 74 valence electrons. The number of hydrogen-bond donors (Lipinski definition) is 1. The molecule has 0 saturated heterocycles. The number of nitro groups is 1. The van der Waals surface area contributed by atoms with Gasteiger partial charge in [0.25, 0.3) is 5.69 Å². The van der Waals surface area contributed by atoms with Crippen LogP contribution in [0.25, 0.3) is 0 Å². The maximum absolute atomic E-state index is 11.0. The first-order valence-electron chi connectivity index (χ1n) is 3.61. The van der Waals surface area contributed by atoms with Crippen LogP contribution >= 0.6 is 22.6 Å². The summed E-state index contributed by atoms with van der Waals surface area (Å²) in [7, 11) is 0. The molecule has 0 bridgehead atoms. The second-order valence-corrected chi connectivity index (χ2v) is 3.80. The maximum atomic E-state index is 11.0. The number of phenolic OH excluding ortho intramolecular Hbond substituents is 1. The van der Waals surface area contributed by atoms with E-state index in [-0.39, 0.29) is 22.8 Å². The van der Waals surface area contributed by atoms with Gasteiger partial charge in [0, 0.05) is 0 Å². The van der Waals surface area contributed by atoms with Crippen LogP contribution in [-0.4, -0.2) is 15.8 Å². The monoisotopic (exact) mass is 307 g/mol. The Labute approximate surface area is 93.0 Å². The number of carbonyl (C=O) groups excluding carboxylic acids is 1. The molecule has 0 amide bonds. The van der Waals surface area contributed by atoms with Crippen LogP contribution in [0.2, 0.25) is 0 Å². The number of ketones is 1. The van der Waals surface area contributed by atoms with Crippen LogP contribution in [0.1, 0.15) is 17.3 Å². The van der Waals surface area contributed by atoms with E-state index < -0.39 is 4.92 Å². The van der Waals surface area contributed by atoms with Gasteiger partial charge in [-0.15, -0.1) is 0 Å². The molecule has 1 rings (SSSR count). The summed E-state index contributed by atoms with van der Waals surface area (Å²) in [5.41, 5.74) is -0.104. The molecule has 1 N–H and O–H groups in total. The van der Waals surface area contributed by atoms with Crippen LogP contribution in [0, 0.1) is 13.7 Å². The van der Waals surface area contributed by atoms with Crippen molar-refractivity contribution in [2.75, 3.05) is 0 Å². The molecular weight excluding hydrogens is 301 g/mol. The van der Waals surface area contributed by atoms with Crippen LogP contribution in [0.3, 0.4) is 0 Å². The van der Waals surface area contributed by atoms with E-state index in [0.29, 0.717) is 3.57 Å². The number of nitrogens with zero attached hydrogens (tertiary/aromatic N) is 1. The number of aromatic hydroxyl groups is 1. The van der Waals surface area contributed by atoms with E-state index >= 15 is 0 Å². The fourth-order valence-corrected chi connectivity index (χ4v) is 1.64. The number of benzene rings is 1. The quantitative estimate of drug-likeness (QED) is 0.393.